The van der Waals surface area contributed by atoms with Gasteiger partial charge in [-0.15, -0.1) is 0 Å². The second-order valence-electron chi connectivity index (χ2n) is 16.3. The molecule has 2 aliphatic heterocycles. The number of nitrogens with one attached hydrogen (secondary N) is 9. The smallest absolute Gasteiger partial charge is 0.337 e. The van der Waals surface area contributed by atoms with Gasteiger partial charge in [-0.05, 0) is 100 Å². The third-order valence-electron chi connectivity index (χ3n) is 9.78. The molecule has 0 saturated carbocycles. The maximum Gasteiger partial charge on any atom is 0.337 e. The van der Waals surface area contributed by atoms with Crippen molar-refractivity contribution in [1.29, 1.82) is 0 Å². The molecule has 22 nitrogen and oxygen atoms in total. The van der Waals surface area contributed by atoms with Crippen LogP contribution in [0.4, 0.5) is 17.1 Å². The highest BCUT2D eigenvalue weighted by Gasteiger charge is 2.25. The Hall–Kier alpha value is -6.99. The number of esters is 3. The van der Waals surface area contributed by atoms with E-state index in [2.05, 4.69) is 53.5 Å². The minimum absolute atomic E-state index is 0.143. The van der Waals surface area contributed by atoms with E-state index in [9.17, 15) is 38.4 Å². The van der Waals surface area contributed by atoms with Gasteiger partial charge in [0.25, 0.3) is 0 Å². The van der Waals surface area contributed by atoms with E-state index in [1.807, 2.05) is 27.7 Å². The summed E-state index contributed by atoms with van der Waals surface area (Å²) in [5.41, 5.74) is 18.4. The molecule has 0 aliphatic carbocycles. The van der Waals surface area contributed by atoms with Crippen molar-refractivity contribution in [3.05, 3.63) is 99.3 Å². The summed E-state index contributed by atoms with van der Waals surface area (Å²) < 4.78 is 24.9. The zero-order chi connectivity index (χ0) is 56.0. The molecular weight excluding hydrogens is 1030 g/mol. The number of hydrogen-bond donors (Lipinski definition) is 9. The molecule has 0 aromatic heterocycles. The number of rotatable bonds is 22. The topological polar surface area (TPSA) is 291 Å². The number of anilines is 3. The lowest BCUT2D eigenvalue weighted by atomic mass is 9.98. The normalized spacial score (nSPS) is 13.0. The van der Waals surface area contributed by atoms with Gasteiger partial charge in [0.15, 0.2) is 5.78 Å². The van der Waals surface area contributed by atoms with Crippen LogP contribution in [0.2, 0.25) is 5.02 Å². The number of Topliss-reactive ketones (excluding diaryl/α,β-unsaturated/α-hetero) is 2. The van der Waals surface area contributed by atoms with E-state index in [0.717, 1.165) is 22.9 Å². The van der Waals surface area contributed by atoms with E-state index in [-0.39, 0.29) is 50.9 Å². The molecule has 3 amide bonds. The molecule has 5 rings (SSSR count). The van der Waals surface area contributed by atoms with Crippen molar-refractivity contribution in [2.45, 2.75) is 73.5 Å². The Bertz CT molecular complexity index is 2480. The minimum atomic E-state index is -0.943. The van der Waals surface area contributed by atoms with Crippen molar-refractivity contribution in [1.82, 2.24) is 32.8 Å². The van der Waals surface area contributed by atoms with Crippen LogP contribution < -0.4 is 58.2 Å². The van der Waals surface area contributed by atoms with E-state index in [1.54, 1.807) is 54.9 Å². The number of amides is 3. The number of ether oxygens (including phenoxy) is 5. The van der Waals surface area contributed by atoms with Crippen molar-refractivity contribution in [2.75, 3.05) is 56.2 Å². The maximum absolute atomic E-state index is 12.5. The largest absolute Gasteiger partial charge is 0.497 e. The molecule has 3 aromatic carbocycles. The number of thioether (sulfide) groups is 2. The highest BCUT2D eigenvalue weighted by atomic mass is 35.5. The van der Waals surface area contributed by atoms with Crippen molar-refractivity contribution >= 4 is 99.4 Å². The fraction of sp³-hybridized carbons (Fsp3) is 0.400. The van der Waals surface area contributed by atoms with Gasteiger partial charge in [0.2, 0.25) is 17.7 Å². The Balaban J connectivity index is 0.000000354. The average Bonchev–Trinajstić information content (AvgIpc) is 4.14. The van der Waals surface area contributed by atoms with Crippen LogP contribution in [0.5, 0.6) is 11.5 Å². The number of hydrazine groups is 4. The second-order valence-corrected chi connectivity index (χ2v) is 18.9. The van der Waals surface area contributed by atoms with Crippen LogP contribution in [0.1, 0.15) is 88.9 Å². The van der Waals surface area contributed by atoms with Crippen LogP contribution >= 0.6 is 35.1 Å². The van der Waals surface area contributed by atoms with Gasteiger partial charge in [0.1, 0.15) is 32.6 Å². The molecule has 3 aromatic rings. The van der Waals surface area contributed by atoms with Gasteiger partial charge in [0.05, 0.1) is 74.1 Å². The Labute approximate surface area is 450 Å². The van der Waals surface area contributed by atoms with E-state index < -0.39 is 29.6 Å². The standard InChI is InChI=1S/C19H18ClNO5.C14H18N2O4.C10H19N3O2S.C7H13N3O2S/c1-11(17(22)12-4-7-14(25-2)8-5-12)18(23)21-16-10-13(19(24)26-3)6-9-15(16)20;1-8(9(2)17)14(19)16-12-7-11(15-10(3)18)5-6-13(12)20-4;1-4-8(10(14)15-6-7(2)3)16-9-5-11-13-12-9;1-2-3-12-7(11)5-13-6-4-8-10-9-6/h4-11H,1-3H3,(H,21,23);5-8H,1-4H3,(H,15,18)(H,16,19);5,7-8,11-13H,4,6H2,1-3H3;4,8-10H,2-3,5H2,1H3. The summed E-state index contributed by atoms with van der Waals surface area (Å²) >= 11 is 8.91. The van der Waals surface area contributed by atoms with Gasteiger partial charge in [-0.1, -0.05) is 62.8 Å². The molecule has 2 aliphatic rings. The van der Waals surface area contributed by atoms with Gasteiger partial charge >= 0.3 is 17.9 Å². The Kier molecular flexibility index (Phi) is 29.5. The molecule has 3 atom stereocenters. The zero-order valence-electron chi connectivity index (χ0n) is 43.8. The summed E-state index contributed by atoms with van der Waals surface area (Å²) in [5, 5.41) is 9.68. The monoisotopic (exact) mass is 1100 g/mol. The van der Waals surface area contributed by atoms with Gasteiger partial charge in [-0.3, -0.25) is 44.4 Å². The summed E-state index contributed by atoms with van der Waals surface area (Å²) in [7, 11) is 4.25. The molecular formula is C50H68ClN9O13S2. The predicted octanol–water partition coefficient (Wildman–Crippen LogP) is 6.60. The number of benzene rings is 3. The summed E-state index contributed by atoms with van der Waals surface area (Å²) in [6.45, 7) is 14.8. The fourth-order valence-electron chi connectivity index (χ4n) is 5.54. The van der Waals surface area contributed by atoms with E-state index in [1.165, 1.54) is 90.7 Å². The van der Waals surface area contributed by atoms with Gasteiger partial charge in [0, 0.05) is 30.6 Å². The van der Waals surface area contributed by atoms with Crippen molar-refractivity contribution in [2.24, 2.45) is 17.8 Å². The molecule has 0 fully saturated rings. The van der Waals surface area contributed by atoms with Crippen LogP contribution in [0.25, 0.3) is 0 Å². The summed E-state index contributed by atoms with van der Waals surface area (Å²) in [4.78, 5) is 93.3. The lowest BCUT2D eigenvalue weighted by molar-refractivity contribution is -0.144. The molecule has 0 bridgehead atoms. The third-order valence-corrected chi connectivity index (χ3v) is 12.3. The SMILES string of the molecule is CCC(SC1=CNNN1)C(=O)OCC(C)C.CCCOC(=O)CSC1=CNNN1.COC(=O)c1ccc(Cl)c(NC(=O)C(C)C(=O)c2ccc(OC)cc2)c1.COc1ccc(NC(C)=O)cc1NC(=O)C(C)C(C)=O. The van der Waals surface area contributed by atoms with Gasteiger partial charge in [-0.2, -0.15) is 11.1 Å². The fourth-order valence-corrected chi connectivity index (χ4v) is 7.20. The highest BCUT2D eigenvalue weighted by Crippen LogP contribution is 2.29. The predicted molar refractivity (Wildman–Crippen MR) is 290 cm³/mol. The van der Waals surface area contributed by atoms with E-state index >= 15 is 0 Å². The summed E-state index contributed by atoms with van der Waals surface area (Å²) in [5.74, 6) is -2.53. The molecule has 0 spiro atoms. The van der Waals surface area contributed by atoms with Crippen molar-refractivity contribution in [3.63, 3.8) is 0 Å². The summed E-state index contributed by atoms with van der Waals surface area (Å²) in [6.07, 6.45) is 5.14. The first-order chi connectivity index (χ1) is 35.7. The molecule has 75 heavy (non-hydrogen) atoms. The Morgan fingerprint density at radius 1 is 0.693 bits per heavy atom. The summed E-state index contributed by atoms with van der Waals surface area (Å²) in [6, 6.07) is 15.7. The molecule has 3 unspecified atom stereocenters. The maximum atomic E-state index is 12.5. The Morgan fingerprint density at radius 3 is 1.84 bits per heavy atom. The van der Waals surface area contributed by atoms with Crippen molar-refractivity contribution < 1.29 is 62.0 Å². The van der Waals surface area contributed by atoms with E-state index in [4.69, 9.17) is 30.5 Å². The second kappa shape index (κ2) is 34.5. The number of ketones is 2. The Morgan fingerprint density at radius 2 is 1.31 bits per heavy atom. The van der Waals surface area contributed by atoms with Crippen LogP contribution in [-0.2, 0) is 43.0 Å². The minimum Gasteiger partial charge on any atom is -0.497 e. The lowest BCUT2D eigenvalue weighted by Gasteiger charge is -2.15. The molecule has 9 N–H and O–H groups in total. The first-order valence-corrected chi connectivity index (χ1v) is 25.6. The number of halogens is 1. The first kappa shape index (κ1) is 64.1. The quantitative estimate of drug-likeness (QED) is 0.0222. The zero-order valence-corrected chi connectivity index (χ0v) is 46.2. The first-order valence-electron chi connectivity index (χ1n) is 23.4. The molecule has 410 valence electrons. The lowest BCUT2D eigenvalue weighted by Crippen LogP contribution is -2.32. The number of methoxy groups -OCH3 is 3. The third kappa shape index (κ3) is 23.8. The van der Waals surface area contributed by atoms with Gasteiger partial charge in [-0.25, -0.2) is 4.79 Å². The van der Waals surface area contributed by atoms with Crippen LogP contribution in [0, 0.1) is 17.8 Å². The van der Waals surface area contributed by atoms with E-state index in [0.29, 0.717) is 53.3 Å². The molecule has 0 saturated heterocycles. The number of carbonyl (C=O) groups excluding carboxylic acids is 8. The number of hydrogen-bond acceptors (Lipinski definition) is 21. The van der Waals surface area contributed by atoms with Gasteiger partial charge < -0.3 is 50.5 Å². The van der Waals surface area contributed by atoms with Crippen LogP contribution in [-0.4, -0.2) is 92.7 Å². The van der Waals surface area contributed by atoms with Crippen LogP contribution in [0.15, 0.2) is 83.1 Å². The molecule has 25 heteroatoms. The molecule has 2 heterocycles. The van der Waals surface area contributed by atoms with Crippen molar-refractivity contribution in [3.8, 4) is 11.5 Å². The number of carbonyl (C=O) groups is 8. The van der Waals surface area contributed by atoms with Crippen LogP contribution in [0.3, 0.4) is 0 Å². The average molecular weight is 1100 g/mol. The molecule has 0 radical (unpaired) electrons. The highest BCUT2D eigenvalue weighted by molar-refractivity contribution is 8.04.